The third kappa shape index (κ3) is 2.63. The summed E-state index contributed by atoms with van der Waals surface area (Å²) in [5.74, 6) is -0.132. The quantitative estimate of drug-likeness (QED) is 0.696. The first-order valence-electron chi connectivity index (χ1n) is 6.60. The second-order valence-electron chi connectivity index (χ2n) is 4.79. The van der Waals surface area contributed by atoms with Crippen molar-refractivity contribution in [2.45, 2.75) is 26.2 Å². The smallest absolute Gasteiger partial charge is 0.266 e. The molecule has 0 aromatic carbocycles. The number of carbonyl (C=O) groups is 1. The zero-order chi connectivity index (χ0) is 13.9. The number of fused-ring (bicyclic) bond motifs is 1. The molecule has 1 aliphatic rings. The van der Waals surface area contributed by atoms with Crippen molar-refractivity contribution in [1.82, 2.24) is 10.4 Å². The summed E-state index contributed by atoms with van der Waals surface area (Å²) >= 11 is 1.58. The van der Waals surface area contributed by atoms with Crippen LogP contribution in [0.2, 0.25) is 0 Å². The summed E-state index contributed by atoms with van der Waals surface area (Å²) in [5.41, 5.74) is 5.59. The van der Waals surface area contributed by atoms with E-state index in [0.717, 1.165) is 29.0 Å². The Morgan fingerprint density at radius 3 is 3.10 bits per heavy atom. The monoisotopic (exact) mass is 285 g/mol. The molecule has 102 valence electrons. The van der Waals surface area contributed by atoms with Crippen molar-refractivity contribution in [3.05, 3.63) is 51.5 Å². The van der Waals surface area contributed by atoms with Crippen LogP contribution in [0, 0.1) is 0 Å². The van der Waals surface area contributed by atoms with Gasteiger partial charge in [-0.3, -0.25) is 9.78 Å². The molecule has 0 aliphatic heterocycles. The summed E-state index contributed by atoms with van der Waals surface area (Å²) in [6, 6.07) is 5.76. The van der Waals surface area contributed by atoms with E-state index >= 15 is 0 Å². The molecule has 2 aromatic heterocycles. The van der Waals surface area contributed by atoms with E-state index in [1.54, 1.807) is 23.7 Å². The van der Waals surface area contributed by atoms with Gasteiger partial charge in [0.1, 0.15) is 0 Å². The van der Waals surface area contributed by atoms with Crippen LogP contribution in [-0.4, -0.2) is 16.6 Å². The minimum atomic E-state index is -0.132. The Labute approximate surface area is 121 Å². The number of hydrazone groups is 1. The summed E-state index contributed by atoms with van der Waals surface area (Å²) in [5, 5.41) is 4.14. The molecule has 0 unspecified atom stereocenters. The van der Waals surface area contributed by atoms with Crippen LogP contribution in [0.1, 0.15) is 39.0 Å². The Morgan fingerprint density at radius 1 is 1.45 bits per heavy atom. The fraction of sp³-hybridized carbons (Fsp3) is 0.267. The molecule has 20 heavy (non-hydrogen) atoms. The Kier molecular flexibility index (Phi) is 3.60. The van der Waals surface area contributed by atoms with E-state index < -0.39 is 0 Å². The molecule has 3 rings (SSSR count). The molecule has 1 aliphatic carbocycles. The lowest BCUT2D eigenvalue weighted by atomic mass is 10.2. The van der Waals surface area contributed by atoms with Gasteiger partial charge in [0, 0.05) is 22.8 Å². The van der Waals surface area contributed by atoms with E-state index in [1.165, 1.54) is 16.9 Å². The van der Waals surface area contributed by atoms with Gasteiger partial charge in [0.25, 0.3) is 5.91 Å². The van der Waals surface area contributed by atoms with Gasteiger partial charge in [-0.25, -0.2) is 5.43 Å². The molecule has 0 saturated heterocycles. The predicted octanol–water partition coefficient (Wildman–Crippen LogP) is 2.79. The van der Waals surface area contributed by atoms with E-state index in [4.69, 9.17) is 0 Å². The average Bonchev–Trinajstić information content (AvgIpc) is 3.06. The summed E-state index contributed by atoms with van der Waals surface area (Å²) in [6.45, 7) is 1.85. The van der Waals surface area contributed by atoms with Gasteiger partial charge < -0.3 is 0 Å². The third-order valence-electron chi connectivity index (χ3n) is 3.37. The summed E-state index contributed by atoms with van der Waals surface area (Å²) in [6.07, 6.45) is 6.84. The molecule has 5 heteroatoms. The second-order valence-corrected chi connectivity index (χ2v) is 5.93. The molecule has 0 spiro atoms. The van der Waals surface area contributed by atoms with Gasteiger partial charge in [0.15, 0.2) is 0 Å². The summed E-state index contributed by atoms with van der Waals surface area (Å²) < 4.78 is 0. The topological polar surface area (TPSA) is 54.4 Å². The molecular weight excluding hydrogens is 270 g/mol. The molecule has 1 amide bonds. The molecule has 4 nitrogen and oxygen atoms in total. The standard InChI is InChI=1S/C15H15N3OS/c1-10(12-5-3-7-16-9-12)17-18-15(19)14-8-11-4-2-6-13(11)20-14/h3,5,7-9H,2,4,6H2,1H3,(H,18,19)/b17-10-. The van der Waals surface area contributed by atoms with E-state index in [0.29, 0.717) is 0 Å². The highest BCUT2D eigenvalue weighted by molar-refractivity contribution is 7.14. The highest BCUT2D eigenvalue weighted by atomic mass is 32.1. The first-order valence-corrected chi connectivity index (χ1v) is 7.42. The third-order valence-corrected chi connectivity index (χ3v) is 4.61. The molecule has 0 fully saturated rings. The SMILES string of the molecule is C/C(=N/NC(=O)c1cc2c(s1)CCC2)c1cccnc1. The zero-order valence-corrected chi connectivity index (χ0v) is 12.0. The number of rotatable bonds is 3. The van der Waals surface area contributed by atoms with Crippen LogP contribution in [-0.2, 0) is 12.8 Å². The Balaban J connectivity index is 1.70. The number of amides is 1. The number of hydrogen-bond acceptors (Lipinski definition) is 4. The number of nitrogens with zero attached hydrogens (tertiary/aromatic N) is 2. The number of hydrogen-bond donors (Lipinski definition) is 1. The molecule has 0 atom stereocenters. The Morgan fingerprint density at radius 2 is 2.35 bits per heavy atom. The summed E-state index contributed by atoms with van der Waals surface area (Å²) in [4.78, 5) is 18.2. The Bertz CT molecular complexity index is 640. The number of aromatic nitrogens is 1. The number of aryl methyl sites for hydroxylation is 2. The lowest BCUT2D eigenvalue weighted by molar-refractivity contribution is 0.0959. The normalized spacial score (nSPS) is 14.2. The fourth-order valence-electron chi connectivity index (χ4n) is 2.27. The first kappa shape index (κ1) is 13.0. The lowest BCUT2D eigenvalue weighted by Gasteiger charge is -2.01. The van der Waals surface area contributed by atoms with Crippen LogP contribution >= 0.6 is 11.3 Å². The molecule has 0 radical (unpaired) electrons. The number of thiophene rings is 1. The lowest BCUT2D eigenvalue weighted by Crippen LogP contribution is -2.18. The highest BCUT2D eigenvalue weighted by Gasteiger charge is 2.18. The van der Waals surface area contributed by atoms with Gasteiger partial charge in [-0.15, -0.1) is 11.3 Å². The van der Waals surface area contributed by atoms with Crippen LogP contribution in [0.25, 0.3) is 0 Å². The number of carbonyl (C=O) groups excluding carboxylic acids is 1. The largest absolute Gasteiger partial charge is 0.281 e. The Hall–Kier alpha value is -2.01. The maximum atomic E-state index is 12.1. The maximum absolute atomic E-state index is 12.1. The maximum Gasteiger partial charge on any atom is 0.281 e. The second kappa shape index (κ2) is 5.54. The van der Waals surface area contributed by atoms with Gasteiger partial charge in [0.05, 0.1) is 10.6 Å². The van der Waals surface area contributed by atoms with E-state index in [9.17, 15) is 4.79 Å². The molecule has 0 saturated carbocycles. The van der Waals surface area contributed by atoms with Crippen LogP contribution in [0.15, 0.2) is 35.7 Å². The van der Waals surface area contributed by atoms with Crippen LogP contribution in [0.4, 0.5) is 0 Å². The zero-order valence-electron chi connectivity index (χ0n) is 11.2. The predicted molar refractivity (Wildman–Crippen MR) is 80.3 cm³/mol. The van der Waals surface area contributed by atoms with Gasteiger partial charge in [-0.05, 0) is 43.9 Å². The molecule has 2 heterocycles. The number of pyridine rings is 1. The average molecular weight is 285 g/mol. The van der Waals surface area contributed by atoms with Gasteiger partial charge in [0.2, 0.25) is 0 Å². The van der Waals surface area contributed by atoms with Crippen molar-refractivity contribution in [2.75, 3.05) is 0 Å². The molecular formula is C15H15N3OS. The van der Waals surface area contributed by atoms with Crippen molar-refractivity contribution < 1.29 is 4.79 Å². The highest BCUT2D eigenvalue weighted by Crippen LogP contribution is 2.30. The van der Waals surface area contributed by atoms with Gasteiger partial charge in [-0.2, -0.15) is 5.10 Å². The van der Waals surface area contributed by atoms with Gasteiger partial charge in [-0.1, -0.05) is 6.07 Å². The minimum Gasteiger partial charge on any atom is -0.266 e. The van der Waals surface area contributed by atoms with Crippen molar-refractivity contribution in [2.24, 2.45) is 5.10 Å². The van der Waals surface area contributed by atoms with Crippen molar-refractivity contribution >= 4 is 23.0 Å². The first-order chi connectivity index (χ1) is 9.74. The van der Waals surface area contributed by atoms with Crippen molar-refractivity contribution in [3.63, 3.8) is 0 Å². The van der Waals surface area contributed by atoms with Crippen LogP contribution < -0.4 is 5.43 Å². The van der Waals surface area contributed by atoms with Crippen LogP contribution in [0.3, 0.4) is 0 Å². The number of nitrogens with one attached hydrogen (secondary N) is 1. The van der Waals surface area contributed by atoms with Crippen LogP contribution in [0.5, 0.6) is 0 Å². The molecule has 0 bridgehead atoms. The fourth-order valence-corrected chi connectivity index (χ4v) is 3.42. The molecule has 1 N–H and O–H groups in total. The van der Waals surface area contributed by atoms with E-state index in [-0.39, 0.29) is 5.91 Å². The van der Waals surface area contributed by atoms with E-state index in [1.807, 2.05) is 25.1 Å². The molecule has 2 aromatic rings. The minimum absolute atomic E-state index is 0.132. The van der Waals surface area contributed by atoms with E-state index in [2.05, 4.69) is 15.5 Å². The van der Waals surface area contributed by atoms with Gasteiger partial charge >= 0.3 is 0 Å². The van der Waals surface area contributed by atoms with Crippen molar-refractivity contribution in [3.8, 4) is 0 Å². The summed E-state index contributed by atoms with van der Waals surface area (Å²) in [7, 11) is 0. The van der Waals surface area contributed by atoms with Crippen molar-refractivity contribution in [1.29, 1.82) is 0 Å².